The van der Waals surface area contributed by atoms with E-state index in [1.807, 2.05) is 6.07 Å². The molecule has 2 rings (SSSR count). The summed E-state index contributed by atoms with van der Waals surface area (Å²) in [6.45, 7) is 2.12. The minimum absolute atomic E-state index is 0.473. The first kappa shape index (κ1) is 11.9. The van der Waals surface area contributed by atoms with Gasteiger partial charge in [0, 0.05) is 11.1 Å². The van der Waals surface area contributed by atoms with Gasteiger partial charge in [0.1, 0.15) is 0 Å². The minimum Gasteiger partial charge on any atom is -0.313 e. The van der Waals surface area contributed by atoms with Crippen LogP contribution in [0.4, 0.5) is 0 Å². The van der Waals surface area contributed by atoms with Crippen LogP contribution in [0.25, 0.3) is 0 Å². The van der Waals surface area contributed by atoms with Crippen LogP contribution in [-0.4, -0.2) is 7.05 Å². The number of halogens is 1. The van der Waals surface area contributed by atoms with E-state index in [-0.39, 0.29) is 0 Å². The van der Waals surface area contributed by atoms with Crippen LogP contribution < -0.4 is 5.32 Å². The highest BCUT2D eigenvalue weighted by molar-refractivity contribution is 6.31. The second-order valence-corrected chi connectivity index (χ2v) is 5.17. The number of nitrogens with one attached hydrogen (secondary N) is 1. The van der Waals surface area contributed by atoms with Crippen molar-refractivity contribution < 1.29 is 0 Å². The molecule has 1 aromatic rings. The summed E-state index contributed by atoms with van der Waals surface area (Å²) < 4.78 is 0. The highest BCUT2D eigenvalue weighted by Gasteiger charge is 2.26. The normalized spacial score (nSPS) is 18.9. The van der Waals surface area contributed by atoms with E-state index in [9.17, 15) is 0 Å². The quantitative estimate of drug-likeness (QED) is 0.835. The maximum Gasteiger partial charge on any atom is 0.0438 e. The summed E-state index contributed by atoms with van der Waals surface area (Å²) in [4.78, 5) is 0. The number of hydrogen-bond donors (Lipinski definition) is 1. The van der Waals surface area contributed by atoms with Crippen LogP contribution in [0.15, 0.2) is 18.2 Å². The Bertz CT molecular complexity index is 356. The van der Waals surface area contributed by atoms with Crippen LogP contribution in [-0.2, 0) is 0 Å². The highest BCUT2D eigenvalue weighted by atomic mass is 35.5. The molecule has 0 heterocycles. The molecule has 2 heteroatoms. The molecule has 0 amide bonds. The lowest BCUT2D eigenvalue weighted by atomic mass is 9.89. The van der Waals surface area contributed by atoms with Crippen molar-refractivity contribution in [3.63, 3.8) is 0 Å². The van der Waals surface area contributed by atoms with E-state index in [1.165, 1.54) is 36.8 Å². The van der Waals surface area contributed by atoms with Crippen molar-refractivity contribution in [2.45, 2.75) is 38.6 Å². The first-order valence-corrected chi connectivity index (χ1v) is 6.54. The van der Waals surface area contributed by atoms with Gasteiger partial charge in [-0.25, -0.2) is 0 Å². The molecule has 0 aliphatic heterocycles. The van der Waals surface area contributed by atoms with Crippen LogP contribution in [0.5, 0.6) is 0 Å². The molecule has 1 aliphatic rings. The molecule has 1 aromatic carbocycles. The SMILES string of the molecule is CNC(c1cccc(Cl)c1C)C1CCCC1. The molecule has 88 valence electrons. The minimum atomic E-state index is 0.473. The largest absolute Gasteiger partial charge is 0.313 e. The fourth-order valence-electron chi connectivity index (χ4n) is 2.90. The summed E-state index contributed by atoms with van der Waals surface area (Å²) in [5, 5.41) is 4.35. The van der Waals surface area contributed by atoms with Crippen LogP contribution in [0.3, 0.4) is 0 Å². The van der Waals surface area contributed by atoms with Crippen molar-refractivity contribution >= 4 is 11.6 Å². The van der Waals surface area contributed by atoms with Gasteiger partial charge in [-0.2, -0.15) is 0 Å². The van der Waals surface area contributed by atoms with Crippen molar-refractivity contribution in [3.05, 3.63) is 34.3 Å². The molecule has 0 spiro atoms. The van der Waals surface area contributed by atoms with Gasteiger partial charge in [0.25, 0.3) is 0 Å². The zero-order valence-corrected chi connectivity index (χ0v) is 10.8. The third-order valence-corrected chi connectivity index (χ3v) is 4.24. The van der Waals surface area contributed by atoms with Gasteiger partial charge in [-0.15, -0.1) is 0 Å². The number of benzene rings is 1. The molecule has 0 aromatic heterocycles. The Morgan fingerprint density at radius 1 is 1.31 bits per heavy atom. The van der Waals surface area contributed by atoms with Gasteiger partial charge >= 0.3 is 0 Å². The Morgan fingerprint density at radius 3 is 2.62 bits per heavy atom. The Labute approximate surface area is 103 Å². The van der Waals surface area contributed by atoms with Gasteiger partial charge in [-0.1, -0.05) is 36.6 Å². The van der Waals surface area contributed by atoms with Crippen molar-refractivity contribution in [3.8, 4) is 0 Å². The molecular weight excluding hydrogens is 218 g/mol. The lowest BCUT2D eigenvalue weighted by Gasteiger charge is -2.25. The lowest BCUT2D eigenvalue weighted by Crippen LogP contribution is -2.24. The van der Waals surface area contributed by atoms with Crippen molar-refractivity contribution in [2.24, 2.45) is 5.92 Å². The van der Waals surface area contributed by atoms with Crippen LogP contribution >= 0.6 is 11.6 Å². The summed E-state index contributed by atoms with van der Waals surface area (Å²) in [5.74, 6) is 0.780. The highest BCUT2D eigenvalue weighted by Crippen LogP contribution is 2.37. The van der Waals surface area contributed by atoms with Gasteiger partial charge in [-0.3, -0.25) is 0 Å². The zero-order chi connectivity index (χ0) is 11.5. The maximum atomic E-state index is 6.19. The van der Waals surface area contributed by atoms with Crippen molar-refractivity contribution in [2.75, 3.05) is 7.05 Å². The molecule has 1 nitrogen and oxygen atoms in total. The predicted molar refractivity (Wildman–Crippen MR) is 69.9 cm³/mol. The Balaban J connectivity index is 2.28. The van der Waals surface area contributed by atoms with Gasteiger partial charge in [-0.05, 0) is 49.9 Å². The number of hydrogen-bond acceptors (Lipinski definition) is 1. The Kier molecular flexibility index (Phi) is 3.88. The van der Waals surface area contributed by atoms with Crippen molar-refractivity contribution in [1.82, 2.24) is 5.32 Å². The standard InChI is InChI=1S/C14H20ClN/c1-10-12(8-5-9-13(10)15)14(16-2)11-6-3-4-7-11/h5,8-9,11,14,16H,3-4,6-7H2,1-2H3. The Morgan fingerprint density at radius 2 is 2.00 bits per heavy atom. The summed E-state index contributed by atoms with van der Waals surface area (Å²) in [5.41, 5.74) is 2.61. The van der Waals surface area contributed by atoms with E-state index in [4.69, 9.17) is 11.6 Å². The fourth-order valence-corrected chi connectivity index (χ4v) is 3.08. The van der Waals surface area contributed by atoms with Gasteiger partial charge in [0.15, 0.2) is 0 Å². The Hall–Kier alpha value is -0.530. The smallest absolute Gasteiger partial charge is 0.0438 e. The molecule has 0 saturated heterocycles. The monoisotopic (exact) mass is 237 g/mol. The third kappa shape index (κ3) is 2.26. The third-order valence-electron chi connectivity index (χ3n) is 3.83. The molecule has 1 fully saturated rings. The fraction of sp³-hybridized carbons (Fsp3) is 0.571. The average Bonchev–Trinajstić information content (AvgIpc) is 2.79. The zero-order valence-electron chi connectivity index (χ0n) is 10.1. The van der Waals surface area contributed by atoms with E-state index in [2.05, 4.69) is 31.4 Å². The van der Waals surface area contributed by atoms with Gasteiger partial charge < -0.3 is 5.32 Å². The maximum absolute atomic E-state index is 6.19. The lowest BCUT2D eigenvalue weighted by molar-refractivity contribution is 0.389. The van der Waals surface area contributed by atoms with Crippen LogP contribution in [0.2, 0.25) is 5.02 Å². The molecule has 0 radical (unpaired) electrons. The van der Waals surface area contributed by atoms with E-state index in [1.54, 1.807) is 0 Å². The van der Waals surface area contributed by atoms with Gasteiger partial charge in [0.2, 0.25) is 0 Å². The molecule has 1 aliphatic carbocycles. The second-order valence-electron chi connectivity index (χ2n) is 4.76. The molecule has 1 unspecified atom stereocenters. The summed E-state index contributed by atoms with van der Waals surface area (Å²) >= 11 is 6.19. The van der Waals surface area contributed by atoms with Gasteiger partial charge in [0.05, 0.1) is 0 Å². The van der Waals surface area contributed by atoms with Crippen LogP contribution in [0, 0.1) is 12.8 Å². The average molecular weight is 238 g/mol. The number of rotatable bonds is 3. The molecule has 0 bridgehead atoms. The van der Waals surface area contributed by atoms with E-state index in [0.717, 1.165) is 10.9 Å². The second kappa shape index (κ2) is 5.20. The molecule has 1 N–H and O–H groups in total. The topological polar surface area (TPSA) is 12.0 Å². The van der Waals surface area contributed by atoms with E-state index >= 15 is 0 Å². The summed E-state index contributed by atoms with van der Waals surface area (Å²) in [6, 6.07) is 6.72. The molecule has 16 heavy (non-hydrogen) atoms. The summed E-state index contributed by atoms with van der Waals surface area (Å²) in [6.07, 6.45) is 5.44. The van der Waals surface area contributed by atoms with E-state index in [0.29, 0.717) is 6.04 Å². The molecule has 1 saturated carbocycles. The summed E-state index contributed by atoms with van der Waals surface area (Å²) in [7, 11) is 2.06. The molecule has 1 atom stereocenters. The first-order valence-electron chi connectivity index (χ1n) is 6.16. The van der Waals surface area contributed by atoms with Crippen LogP contribution in [0.1, 0.15) is 42.9 Å². The molecular formula is C14H20ClN. The first-order chi connectivity index (χ1) is 7.74. The van der Waals surface area contributed by atoms with E-state index < -0.39 is 0 Å². The van der Waals surface area contributed by atoms with Crippen molar-refractivity contribution in [1.29, 1.82) is 0 Å². The predicted octanol–water partition coefficient (Wildman–Crippen LogP) is 4.10.